The highest BCUT2D eigenvalue weighted by molar-refractivity contribution is 6.31. The molecule has 0 bridgehead atoms. The maximum Gasteiger partial charge on any atom is 0.0872 e. The van der Waals surface area contributed by atoms with Gasteiger partial charge >= 0.3 is 0 Å². The first-order chi connectivity index (χ1) is 7.91. The third-order valence-electron chi connectivity index (χ3n) is 2.99. The highest BCUT2D eigenvalue weighted by atomic mass is 28.2. The van der Waals surface area contributed by atoms with Crippen molar-refractivity contribution in [3.05, 3.63) is 0 Å². The first kappa shape index (κ1) is 33.0. The Morgan fingerprint density at radius 3 is 0.524 bits per heavy atom. The number of hydrogen-bond acceptors (Lipinski definition) is 4. The molecule has 126 valence electrons. The molecule has 0 fully saturated rings. The van der Waals surface area contributed by atoms with Gasteiger partial charge in [-0.1, -0.05) is 13.1 Å². The average Bonchev–Trinajstić information content (AvgIpc) is 1.97. The Bertz CT molecular complexity index is 175. The molecule has 0 aromatic rings. The van der Waals surface area contributed by atoms with Crippen molar-refractivity contribution in [2.24, 2.45) is 0 Å². The van der Waals surface area contributed by atoms with Crippen LogP contribution < -0.4 is 0 Å². The first-order valence-electron chi connectivity index (χ1n) is 6.81. The molecule has 0 aliphatic rings. The van der Waals surface area contributed by atoms with Crippen molar-refractivity contribution in [2.75, 3.05) is 0 Å². The standard InChI is InChI=1S/2C6H14O2.C2H8Si.2B/c2*1-5(2,7)6(3,4)8;1-3-2;;/h2*7-8H,1-4H3;3H2,1-2H3;;. The molecular weight excluding hydrogens is 282 g/mol. The monoisotopic (exact) mass is 318 g/mol. The van der Waals surface area contributed by atoms with E-state index in [1.54, 1.807) is 55.4 Å². The topological polar surface area (TPSA) is 80.9 Å². The van der Waals surface area contributed by atoms with E-state index >= 15 is 0 Å². The van der Waals surface area contributed by atoms with E-state index in [0.717, 1.165) is 0 Å². The summed E-state index contributed by atoms with van der Waals surface area (Å²) in [4.78, 5) is 0. The van der Waals surface area contributed by atoms with Gasteiger partial charge in [0.1, 0.15) is 0 Å². The van der Waals surface area contributed by atoms with Gasteiger partial charge in [-0.3, -0.25) is 0 Å². The van der Waals surface area contributed by atoms with Gasteiger partial charge in [0, 0.05) is 26.3 Å². The smallest absolute Gasteiger partial charge is 0.0872 e. The summed E-state index contributed by atoms with van der Waals surface area (Å²) in [6.07, 6.45) is 0. The molecule has 4 nitrogen and oxygen atoms in total. The third kappa shape index (κ3) is 20.2. The van der Waals surface area contributed by atoms with E-state index in [1.165, 1.54) is 0 Å². The Balaban J connectivity index is -0.0000000634. The Morgan fingerprint density at radius 2 is 0.524 bits per heavy atom. The SMILES string of the molecule is CC(C)(O)C(C)(C)O.CC(C)(O)C(C)(C)O.C[SiH2]C.[B].[B]. The number of rotatable bonds is 2. The molecule has 0 saturated heterocycles. The van der Waals surface area contributed by atoms with Crippen molar-refractivity contribution in [3.8, 4) is 0 Å². The summed E-state index contributed by atoms with van der Waals surface area (Å²) in [5.74, 6) is 0. The predicted molar refractivity (Wildman–Crippen MR) is 97.0 cm³/mol. The van der Waals surface area contributed by atoms with Crippen molar-refractivity contribution >= 4 is 26.3 Å². The minimum absolute atomic E-state index is 0. The van der Waals surface area contributed by atoms with Gasteiger partial charge in [-0.15, -0.1) is 0 Å². The molecule has 0 spiro atoms. The zero-order chi connectivity index (χ0) is 16.7. The van der Waals surface area contributed by atoms with E-state index in [1.807, 2.05) is 0 Å². The minimum Gasteiger partial charge on any atom is -0.387 e. The van der Waals surface area contributed by atoms with Crippen LogP contribution >= 0.6 is 0 Å². The van der Waals surface area contributed by atoms with Gasteiger partial charge in [0.15, 0.2) is 0 Å². The normalized spacial score (nSPS) is 11.7. The fourth-order valence-corrected chi connectivity index (χ4v) is 0. The molecule has 0 saturated carbocycles. The van der Waals surface area contributed by atoms with Crippen LogP contribution in [0.2, 0.25) is 13.1 Å². The van der Waals surface area contributed by atoms with Crippen molar-refractivity contribution in [1.29, 1.82) is 0 Å². The van der Waals surface area contributed by atoms with Crippen LogP contribution in [-0.2, 0) is 0 Å². The van der Waals surface area contributed by atoms with Crippen LogP contribution in [0.4, 0.5) is 0 Å². The van der Waals surface area contributed by atoms with Gasteiger partial charge in [0.25, 0.3) is 0 Å². The van der Waals surface area contributed by atoms with Gasteiger partial charge < -0.3 is 20.4 Å². The third-order valence-corrected chi connectivity index (χ3v) is 2.99. The molecule has 0 aromatic carbocycles. The Hall–Kier alpha value is 0.187. The summed E-state index contributed by atoms with van der Waals surface area (Å²) >= 11 is 0. The highest BCUT2D eigenvalue weighted by Crippen LogP contribution is 2.19. The summed E-state index contributed by atoms with van der Waals surface area (Å²) < 4.78 is 0. The maximum absolute atomic E-state index is 9.10. The van der Waals surface area contributed by atoms with Crippen LogP contribution in [0.15, 0.2) is 0 Å². The van der Waals surface area contributed by atoms with Gasteiger partial charge in [0.2, 0.25) is 0 Å². The lowest BCUT2D eigenvalue weighted by Gasteiger charge is -2.31. The molecule has 21 heavy (non-hydrogen) atoms. The fraction of sp³-hybridized carbons (Fsp3) is 1.00. The lowest BCUT2D eigenvalue weighted by molar-refractivity contribution is -0.107. The van der Waals surface area contributed by atoms with Crippen LogP contribution in [0.1, 0.15) is 55.4 Å². The van der Waals surface area contributed by atoms with Crippen LogP contribution in [0.3, 0.4) is 0 Å². The van der Waals surface area contributed by atoms with Crippen molar-refractivity contribution in [1.82, 2.24) is 0 Å². The van der Waals surface area contributed by atoms with Gasteiger partial charge in [-0.05, 0) is 55.4 Å². The average molecular weight is 318 g/mol. The molecule has 0 aromatic heterocycles. The van der Waals surface area contributed by atoms with E-state index < -0.39 is 22.4 Å². The molecule has 0 aliphatic carbocycles. The molecule has 7 heteroatoms. The molecular formula is C14H36B2O4Si. The minimum atomic E-state index is -1.01. The van der Waals surface area contributed by atoms with Gasteiger partial charge in [-0.25, -0.2) is 0 Å². The quantitative estimate of drug-likeness (QED) is 0.561. The Labute approximate surface area is 138 Å². The van der Waals surface area contributed by atoms with Crippen LogP contribution in [0.25, 0.3) is 0 Å². The van der Waals surface area contributed by atoms with Gasteiger partial charge in [0.05, 0.1) is 22.4 Å². The van der Waals surface area contributed by atoms with E-state index in [9.17, 15) is 0 Å². The van der Waals surface area contributed by atoms with Gasteiger partial charge in [-0.2, -0.15) is 0 Å². The number of hydrogen-bond donors (Lipinski definition) is 4. The highest BCUT2D eigenvalue weighted by Gasteiger charge is 2.32. The lowest BCUT2D eigenvalue weighted by Crippen LogP contribution is -2.44. The summed E-state index contributed by atoms with van der Waals surface area (Å²) in [6.45, 7) is 17.1. The summed E-state index contributed by atoms with van der Waals surface area (Å²) in [5.41, 5.74) is -4.03. The van der Waals surface area contributed by atoms with E-state index in [2.05, 4.69) is 13.1 Å². The zero-order valence-corrected chi connectivity index (χ0v) is 17.1. The van der Waals surface area contributed by atoms with E-state index in [4.69, 9.17) is 20.4 Å². The van der Waals surface area contributed by atoms with Crippen molar-refractivity contribution in [2.45, 2.75) is 90.9 Å². The Morgan fingerprint density at radius 1 is 0.476 bits per heavy atom. The summed E-state index contributed by atoms with van der Waals surface area (Å²) in [7, 11) is 0.417. The molecule has 0 amide bonds. The lowest BCUT2D eigenvalue weighted by atomic mass is 9.90. The second-order valence-corrected chi connectivity index (χ2v) is 8.36. The van der Waals surface area contributed by atoms with E-state index in [0.29, 0.717) is 9.52 Å². The zero-order valence-electron chi connectivity index (χ0n) is 15.7. The number of aliphatic hydroxyl groups is 4. The molecule has 4 N–H and O–H groups in total. The Kier molecular flexibility index (Phi) is 18.4. The summed E-state index contributed by atoms with van der Waals surface area (Å²) in [6, 6.07) is 0. The molecule has 0 heterocycles. The predicted octanol–water partition coefficient (Wildman–Crippen LogP) is 0.546. The molecule has 0 unspecified atom stereocenters. The summed E-state index contributed by atoms with van der Waals surface area (Å²) in [5, 5.41) is 36.4. The molecule has 0 atom stereocenters. The second kappa shape index (κ2) is 11.7. The van der Waals surface area contributed by atoms with Crippen LogP contribution in [0.5, 0.6) is 0 Å². The largest absolute Gasteiger partial charge is 0.387 e. The maximum atomic E-state index is 9.10. The van der Waals surface area contributed by atoms with Crippen molar-refractivity contribution < 1.29 is 20.4 Å². The molecule has 0 rings (SSSR count). The van der Waals surface area contributed by atoms with E-state index in [-0.39, 0.29) is 16.8 Å². The molecule has 6 radical (unpaired) electrons. The van der Waals surface area contributed by atoms with Crippen LogP contribution in [0, 0.1) is 0 Å². The first-order valence-corrected chi connectivity index (χ1v) is 9.64. The second-order valence-electron chi connectivity index (χ2n) is 6.94. The molecule has 0 aliphatic heterocycles. The van der Waals surface area contributed by atoms with Crippen molar-refractivity contribution in [3.63, 3.8) is 0 Å². The van der Waals surface area contributed by atoms with Crippen LogP contribution in [-0.4, -0.2) is 69.2 Å². The fourth-order valence-electron chi connectivity index (χ4n) is 0.